The van der Waals surface area contributed by atoms with Gasteiger partial charge in [0.2, 0.25) is 0 Å². The molecule has 0 saturated heterocycles. The van der Waals surface area contributed by atoms with Crippen LogP contribution in [0, 0.1) is 6.92 Å². The molecule has 3 rings (SSSR count). The second-order valence-corrected chi connectivity index (χ2v) is 5.34. The standard InChI is InChI=1S/C17H16N6O2/c1-10-2-7-13(19-8-10)23-16-14(18)15(20-9-21-16)22-12-5-3-11(4-6-12)17(24)25/h2-9H,18H2,1H3,(H,24,25)(H2,19,20,21,22,23). The molecule has 5 N–H and O–H groups in total. The van der Waals surface area contributed by atoms with Gasteiger partial charge in [-0.25, -0.2) is 19.7 Å². The highest BCUT2D eigenvalue weighted by atomic mass is 16.4. The molecule has 0 aliphatic carbocycles. The largest absolute Gasteiger partial charge is 0.478 e. The SMILES string of the molecule is Cc1ccc(Nc2ncnc(Nc3ccc(C(=O)O)cc3)c2N)nc1. The summed E-state index contributed by atoms with van der Waals surface area (Å²) < 4.78 is 0. The Labute approximate surface area is 143 Å². The number of aromatic nitrogens is 3. The number of carboxylic acid groups (broad SMARTS) is 1. The molecule has 0 spiro atoms. The summed E-state index contributed by atoms with van der Waals surface area (Å²) in [5.74, 6) is 0.474. The molecule has 8 nitrogen and oxygen atoms in total. The molecule has 1 aromatic carbocycles. The third-order valence-electron chi connectivity index (χ3n) is 3.44. The zero-order valence-electron chi connectivity index (χ0n) is 13.4. The number of nitrogens with zero attached hydrogens (tertiary/aromatic N) is 3. The van der Waals surface area contributed by atoms with Gasteiger partial charge in [-0.1, -0.05) is 6.07 Å². The predicted octanol–water partition coefficient (Wildman–Crippen LogP) is 2.95. The van der Waals surface area contributed by atoms with E-state index in [1.165, 1.54) is 18.5 Å². The number of nitrogens with one attached hydrogen (secondary N) is 2. The van der Waals surface area contributed by atoms with Crippen molar-refractivity contribution in [3.63, 3.8) is 0 Å². The van der Waals surface area contributed by atoms with Gasteiger partial charge in [-0.05, 0) is 42.8 Å². The van der Waals surface area contributed by atoms with Crippen LogP contribution in [0.5, 0.6) is 0 Å². The van der Waals surface area contributed by atoms with E-state index in [2.05, 4.69) is 25.6 Å². The fourth-order valence-corrected chi connectivity index (χ4v) is 2.09. The van der Waals surface area contributed by atoms with E-state index < -0.39 is 5.97 Å². The Balaban J connectivity index is 1.80. The van der Waals surface area contributed by atoms with Crippen LogP contribution in [0.4, 0.5) is 28.8 Å². The van der Waals surface area contributed by atoms with Gasteiger partial charge in [0, 0.05) is 11.9 Å². The summed E-state index contributed by atoms with van der Waals surface area (Å²) >= 11 is 0. The third-order valence-corrected chi connectivity index (χ3v) is 3.44. The summed E-state index contributed by atoms with van der Waals surface area (Å²) in [6, 6.07) is 10.0. The van der Waals surface area contributed by atoms with Gasteiger partial charge in [-0.15, -0.1) is 0 Å². The minimum Gasteiger partial charge on any atom is -0.478 e. The molecular formula is C17H16N6O2. The molecule has 0 radical (unpaired) electrons. The third kappa shape index (κ3) is 3.81. The summed E-state index contributed by atoms with van der Waals surface area (Å²) in [6.07, 6.45) is 3.11. The van der Waals surface area contributed by atoms with Gasteiger partial charge in [-0.2, -0.15) is 0 Å². The van der Waals surface area contributed by atoms with Crippen molar-refractivity contribution in [2.75, 3.05) is 16.4 Å². The smallest absolute Gasteiger partial charge is 0.335 e. The van der Waals surface area contributed by atoms with Crippen molar-refractivity contribution < 1.29 is 9.90 Å². The van der Waals surface area contributed by atoms with Gasteiger partial charge in [0.1, 0.15) is 17.8 Å². The quantitative estimate of drug-likeness (QED) is 0.560. The molecule has 0 amide bonds. The van der Waals surface area contributed by atoms with Crippen LogP contribution in [-0.4, -0.2) is 26.0 Å². The van der Waals surface area contributed by atoms with Gasteiger partial charge in [-0.3, -0.25) is 0 Å². The Morgan fingerprint density at radius 1 is 1.00 bits per heavy atom. The van der Waals surface area contributed by atoms with Crippen LogP contribution in [0.2, 0.25) is 0 Å². The lowest BCUT2D eigenvalue weighted by Gasteiger charge is -2.12. The topological polar surface area (TPSA) is 126 Å². The number of aryl methyl sites for hydroxylation is 1. The average Bonchev–Trinajstić information content (AvgIpc) is 2.61. The number of aromatic carboxylic acids is 1. The molecule has 0 atom stereocenters. The van der Waals surface area contributed by atoms with Crippen molar-refractivity contribution in [3.8, 4) is 0 Å². The first kappa shape index (κ1) is 16.2. The first-order valence-corrected chi connectivity index (χ1v) is 7.43. The van der Waals surface area contributed by atoms with E-state index in [9.17, 15) is 4.79 Å². The number of rotatable bonds is 5. The molecule has 0 bridgehead atoms. The molecule has 25 heavy (non-hydrogen) atoms. The Morgan fingerprint density at radius 2 is 1.68 bits per heavy atom. The van der Waals surface area contributed by atoms with Gasteiger partial charge in [0.05, 0.1) is 5.56 Å². The molecule has 8 heteroatoms. The van der Waals surface area contributed by atoms with E-state index in [1.54, 1.807) is 18.3 Å². The van der Waals surface area contributed by atoms with Crippen LogP contribution in [0.3, 0.4) is 0 Å². The average molecular weight is 336 g/mol. The maximum atomic E-state index is 10.9. The maximum absolute atomic E-state index is 10.9. The number of nitrogen functional groups attached to an aromatic ring is 1. The molecule has 0 aliphatic heterocycles. The van der Waals surface area contributed by atoms with Gasteiger partial charge in [0.15, 0.2) is 11.6 Å². The van der Waals surface area contributed by atoms with Gasteiger partial charge < -0.3 is 21.5 Å². The van der Waals surface area contributed by atoms with E-state index >= 15 is 0 Å². The first-order chi connectivity index (χ1) is 12.0. The van der Waals surface area contributed by atoms with Crippen LogP contribution in [0.25, 0.3) is 0 Å². The number of pyridine rings is 1. The minimum absolute atomic E-state index is 0.203. The zero-order valence-corrected chi connectivity index (χ0v) is 13.4. The number of hydrogen-bond donors (Lipinski definition) is 4. The van der Waals surface area contributed by atoms with Gasteiger partial charge in [0.25, 0.3) is 0 Å². The molecule has 3 aromatic rings. The molecule has 2 aromatic heterocycles. The fourth-order valence-electron chi connectivity index (χ4n) is 2.09. The van der Waals surface area contributed by atoms with Crippen LogP contribution in [0.15, 0.2) is 48.9 Å². The van der Waals surface area contributed by atoms with Crippen molar-refractivity contribution in [2.45, 2.75) is 6.92 Å². The van der Waals surface area contributed by atoms with E-state index in [4.69, 9.17) is 10.8 Å². The summed E-state index contributed by atoms with van der Waals surface area (Å²) in [5, 5.41) is 15.0. The zero-order chi connectivity index (χ0) is 17.8. The van der Waals surface area contributed by atoms with Crippen LogP contribution in [0.1, 0.15) is 15.9 Å². The van der Waals surface area contributed by atoms with Gasteiger partial charge >= 0.3 is 5.97 Å². The highest BCUT2D eigenvalue weighted by Crippen LogP contribution is 2.27. The first-order valence-electron chi connectivity index (χ1n) is 7.43. The molecule has 0 fully saturated rings. The van der Waals surface area contributed by atoms with E-state index in [-0.39, 0.29) is 5.56 Å². The van der Waals surface area contributed by atoms with Crippen molar-refractivity contribution in [2.24, 2.45) is 0 Å². The highest BCUT2D eigenvalue weighted by Gasteiger charge is 2.10. The fraction of sp³-hybridized carbons (Fsp3) is 0.0588. The normalized spacial score (nSPS) is 10.3. The Morgan fingerprint density at radius 3 is 2.28 bits per heavy atom. The van der Waals surface area contributed by atoms with Crippen LogP contribution < -0.4 is 16.4 Å². The van der Waals surface area contributed by atoms with Crippen LogP contribution in [-0.2, 0) is 0 Å². The van der Waals surface area contributed by atoms with Crippen molar-refractivity contribution in [3.05, 3.63) is 60.0 Å². The monoisotopic (exact) mass is 336 g/mol. The molecule has 0 unspecified atom stereocenters. The number of carbonyl (C=O) groups is 1. The molecule has 126 valence electrons. The van der Waals surface area contributed by atoms with E-state index in [1.807, 2.05) is 19.1 Å². The number of nitrogens with two attached hydrogens (primary N) is 1. The van der Waals surface area contributed by atoms with Crippen LogP contribution >= 0.6 is 0 Å². The summed E-state index contributed by atoms with van der Waals surface area (Å²) in [7, 11) is 0. The predicted molar refractivity (Wildman–Crippen MR) is 95.4 cm³/mol. The lowest BCUT2D eigenvalue weighted by atomic mass is 10.2. The number of benzene rings is 1. The van der Waals surface area contributed by atoms with Crippen molar-refractivity contribution in [1.29, 1.82) is 0 Å². The lowest BCUT2D eigenvalue weighted by molar-refractivity contribution is 0.0697. The Hall–Kier alpha value is -3.68. The van der Waals surface area contributed by atoms with E-state index in [0.29, 0.717) is 28.8 Å². The lowest BCUT2D eigenvalue weighted by Crippen LogP contribution is -2.06. The second kappa shape index (κ2) is 6.83. The highest BCUT2D eigenvalue weighted by molar-refractivity contribution is 5.88. The minimum atomic E-state index is -0.981. The van der Waals surface area contributed by atoms with Crippen molar-refractivity contribution >= 4 is 34.8 Å². The second-order valence-electron chi connectivity index (χ2n) is 5.34. The number of anilines is 5. The summed E-state index contributed by atoms with van der Waals surface area (Å²) in [4.78, 5) is 23.4. The van der Waals surface area contributed by atoms with Crippen molar-refractivity contribution in [1.82, 2.24) is 15.0 Å². The van der Waals surface area contributed by atoms with E-state index in [0.717, 1.165) is 5.56 Å². The molecule has 0 saturated carbocycles. The molecule has 0 aliphatic rings. The molecule has 2 heterocycles. The summed E-state index contributed by atoms with van der Waals surface area (Å²) in [6.45, 7) is 1.95. The number of hydrogen-bond acceptors (Lipinski definition) is 7. The Kier molecular flexibility index (Phi) is 4.42. The maximum Gasteiger partial charge on any atom is 0.335 e. The Bertz CT molecular complexity index is 894. The number of carboxylic acids is 1. The summed E-state index contributed by atoms with van der Waals surface area (Å²) in [5.41, 5.74) is 8.36. The molecular weight excluding hydrogens is 320 g/mol.